The topological polar surface area (TPSA) is 27.7 Å². The molecule has 23 heavy (non-hydrogen) atoms. The molecular weight excluding hydrogens is 356 g/mol. The van der Waals surface area contributed by atoms with Crippen molar-refractivity contribution in [3.05, 3.63) is 34.3 Å². The summed E-state index contributed by atoms with van der Waals surface area (Å²) in [6.07, 6.45) is 6.83. The van der Waals surface area contributed by atoms with Gasteiger partial charge in [-0.3, -0.25) is 0 Å². The van der Waals surface area contributed by atoms with Crippen LogP contribution >= 0.6 is 15.9 Å². The molecule has 0 bridgehead atoms. The number of halogens is 1. The summed E-state index contributed by atoms with van der Waals surface area (Å²) in [5.74, 6) is 0.623. The van der Waals surface area contributed by atoms with Crippen LogP contribution in [0.4, 0.5) is 0 Å². The molecule has 2 fully saturated rings. The molecule has 2 aliphatic rings. The molecule has 3 rings (SSSR count). The summed E-state index contributed by atoms with van der Waals surface area (Å²) in [5.41, 5.74) is 1.38. The first kappa shape index (κ1) is 18.9. The Morgan fingerprint density at radius 2 is 1.61 bits per heavy atom. The van der Waals surface area contributed by atoms with Gasteiger partial charge in [0.15, 0.2) is 12.6 Å². The lowest BCUT2D eigenvalue weighted by Gasteiger charge is -2.29. The first-order valence-electron chi connectivity index (χ1n) is 8.79. The molecule has 2 heterocycles. The average Bonchev–Trinajstić information content (AvgIpc) is 2.57. The highest BCUT2D eigenvalue weighted by Crippen LogP contribution is 2.20. The Balaban J connectivity index is 0.000000174. The van der Waals surface area contributed by atoms with E-state index in [0.29, 0.717) is 5.92 Å². The van der Waals surface area contributed by atoms with Gasteiger partial charge in [-0.2, -0.15) is 0 Å². The Morgan fingerprint density at radius 3 is 2.00 bits per heavy atom. The lowest BCUT2D eigenvalue weighted by molar-refractivity contribution is -0.264. The molecule has 2 unspecified atom stereocenters. The highest BCUT2D eigenvalue weighted by atomic mass is 79.9. The normalized spacial score (nSPS) is 24.9. The SMILES string of the molecule is C1CCC(OC2CCCCO2)OC1.CC(C)c1cccc(Br)c1. The largest absolute Gasteiger partial charge is 0.353 e. The number of hydrogen-bond donors (Lipinski definition) is 0. The maximum Gasteiger partial charge on any atom is 0.160 e. The van der Waals surface area contributed by atoms with Gasteiger partial charge in [0.2, 0.25) is 0 Å². The smallest absolute Gasteiger partial charge is 0.160 e. The van der Waals surface area contributed by atoms with Gasteiger partial charge in [0.1, 0.15) is 0 Å². The second-order valence-electron chi connectivity index (χ2n) is 6.44. The first-order valence-corrected chi connectivity index (χ1v) is 9.58. The third-order valence-corrected chi connectivity index (χ3v) is 4.59. The van der Waals surface area contributed by atoms with E-state index in [9.17, 15) is 0 Å². The fourth-order valence-electron chi connectivity index (χ4n) is 2.67. The fraction of sp³-hybridized carbons (Fsp3) is 0.684. The highest BCUT2D eigenvalue weighted by molar-refractivity contribution is 9.10. The van der Waals surface area contributed by atoms with Crippen molar-refractivity contribution in [1.82, 2.24) is 0 Å². The van der Waals surface area contributed by atoms with Crippen molar-refractivity contribution >= 4 is 15.9 Å². The maximum atomic E-state index is 5.69. The molecule has 1 aromatic rings. The van der Waals surface area contributed by atoms with E-state index in [0.717, 1.165) is 26.1 Å². The van der Waals surface area contributed by atoms with E-state index < -0.39 is 0 Å². The first-order chi connectivity index (χ1) is 11.1. The summed E-state index contributed by atoms with van der Waals surface area (Å²) < 4.78 is 17.8. The van der Waals surface area contributed by atoms with Gasteiger partial charge < -0.3 is 14.2 Å². The summed E-state index contributed by atoms with van der Waals surface area (Å²) in [6, 6.07) is 8.42. The number of benzene rings is 1. The highest BCUT2D eigenvalue weighted by Gasteiger charge is 2.21. The van der Waals surface area contributed by atoms with Crippen LogP contribution < -0.4 is 0 Å². The van der Waals surface area contributed by atoms with Gasteiger partial charge in [0.05, 0.1) is 0 Å². The Morgan fingerprint density at radius 1 is 1.00 bits per heavy atom. The second-order valence-corrected chi connectivity index (χ2v) is 7.35. The van der Waals surface area contributed by atoms with E-state index in [1.807, 2.05) is 6.07 Å². The van der Waals surface area contributed by atoms with Crippen LogP contribution in [0.2, 0.25) is 0 Å². The summed E-state index contributed by atoms with van der Waals surface area (Å²) in [6.45, 7) is 6.08. The molecule has 0 radical (unpaired) electrons. The van der Waals surface area contributed by atoms with Gasteiger partial charge in [-0.15, -0.1) is 0 Å². The van der Waals surface area contributed by atoms with Crippen LogP contribution in [0.15, 0.2) is 28.7 Å². The van der Waals surface area contributed by atoms with Crippen LogP contribution in [-0.4, -0.2) is 25.8 Å². The summed E-state index contributed by atoms with van der Waals surface area (Å²) in [7, 11) is 0. The predicted molar refractivity (Wildman–Crippen MR) is 96.5 cm³/mol. The Labute approximate surface area is 148 Å². The molecule has 0 aromatic heterocycles. The van der Waals surface area contributed by atoms with Crippen molar-refractivity contribution < 1.29 is 14.2 Å². The van der Waals surface area contributed by atoms with Crippen LogP contribution in [0.1, 0.15) is 63.9 Å². The average molecular weight is 385 g/mol. The lowest BCUT2D eigenvalue weighted by Crippen LogP contribution is -2.31. The summed E-state index contributed by atoms with van der Waals surface area (Å²) >= 11 is 3.43. The van der Waals surface area contributed by atoms with E-state index in [1.165, 1.54) is 35.7 Å². The zero-order valence-corrected chi connectivity index (χ0v) is 15.9. The van der Waals surface area contributed by atoms with E-state index in [1.54, 1.807) is 0 Å². The molecule has 0 saturated carbocycles. The fourth-order valence-corrected chi connectivity index (χ4v) is 3.09. The van der Waals surface area contributed by atoms with E-state index >= 15 is 0 Å². The molecule has 2 atom stereocenters. The third-order valence-electron chi connectivity index (χ3n) is 4.09. The molecule has 3 nitrogen and oxygen atoms in total. The van der Waals surface area contributed by atoms with Crippen molar-refractivity contribution in [1.29, 1.82) is 0 Å². The Kier molecular flexibility index (Phi) is 8.59. The molecule has 2 aliphatic heterocycles. The zero-order chi connectivity index (χ0) is 16.5. The van der Waals surface area contributed by atoms with Crippen LogP contribution in [-0.2, 0) is 14.2 Å². The molecule has 130 valence electrons. The van der Waals surface area contributed by atoms with Gasteiger partial charge in [0, 0.05) is 17.7 Å². The van der Waals surface area contributed by atoms with Crippen molar-refractivity contribution in [2.24, 2.45) is 0 Å². The standard InChI is InChI=1S/C10H18O3.C9H11Br/c1-3-7-11-9(5-1)13-10-6-2-4-8-12-10;1-7(2)8-4-3-5-9(10)6-8/h9-10H,1-8H2;3-7H,1-2H3. The van der Waals surface area contributed by atoms with E-state index in [-0.39, 0.29) is 12.6 Å². The molecule has 0 N–H and O–H groups in total. The van der Waals surface area contributed by atoms with Crippen LogP contribution in [0, 0.1) is 0 Å². The molecule has 0 aliphatic carbocycles. The molecular formula is C19H29BrO3. The minimum absolute atomic E-state index is 0.00292. The molecule has 1 aromatic carbocycles. The van der Waals surface area contributed by atoms with Gasteiger partial charge in [-0.05, 0) is 62.1 Å². The maximum absolute atomic E-state index is 5.69. The minimum atomic E-state index is -0.00292. The minimum Gasteiger partial charge on any atom is -0.353 e. The monoisotopic (exact) mass is 384 g/mol. The summed E-state index contributed by atoms with van der Waals surface area (Å²) in [4.78, 5) is 0. The van der Waals surface area contributed by atoms with Crippen LogP contribution in [0.3, 0.4) is 0 Å². The molecule has 2 saturated heterocycles. The molecule has 4 heteroatoms. The predicted octanol–water partition coefficient (Wildman–Crippen LogP) is 5.63. The Bertz CT molecular complexity index is 422. The third kappa shape index (κ3) is 7.34. The Hall–Kier alpha value is -0.420. The van der Waals surface area contributed by atoms with E-state index in [2.05, 4.69) is 48.0 Å². The summed E-state index contributed by atoms with van der Waals surface area (Å²) in [5, 5.41) is 0. The van der Waals surface area contributed by atoms with Crippen molar-refractivity contribution in [2.45, 2.75) is 70.9 Å². The molecule has 0 spiro atoms. The van der Waals surface area contributed by atoms with Crippen molar-refractivity contribution in [3.63, 3.8) is 0 Å². The van der Waals surface area contributed by atoms with Crippen LogP contribution in [0.5, 0.6) is 0 Å². The number of rotatable bonds is 3. The van der Waals surface area contributed by atoms with Crippen LogP contribution in [0.25, 0.3) is 0 Å². The van der Waals surface area contributed by atoms with Gasteiger partial charge in [-0.25, -0.2) is 0 Å². The zero-order valence-electron chi connectivity index (χ0n) is 14.3. The van der Waals surface area contributed by atoms with E-state index in [4.69, 9.17) is 14.2 Å². The van der Waals surface area contributed by atoms with Gasteiger partial charge in [-0.1, -0.05) is 41.9 Å². The second kappa shape index (κ2) is 10.4. The van der Waals surface area contributed by atoms with Gasteiger partial charge >= 0.3 is 0 Å². The lowest BCUT2D eigenvalue weighted by atomic mass is 10.0. The number of ether oxygens (including phenoxy) is 3. The van der Waals surface area contributed by atoms with Gasteiger partial charge in [0.25, 0.3) is 0 Å². The quantitative estimate of drug-likeness (QED) is 0.675. The number of hydrogen-bond acceptors (Lipinski definition) is 3. The molecule has 0 amide bonds. The van der Waals surface area contributed by atoms with Crippen molar-refractivity contribution in [3.8, 4) is 0 Å². The van der Waals surface area contributed by atoms with Crippen molar-refractivity contribution in [2.75, 3.05) is 13.2 Å².